The van der Waals surface area contributed by atoms with E-state index in [0.717, 1.165) is 12.8 Å². The summed E-state index contributed by atoms with van der Waals surface area (Å²) in [5.41, 5.74) is 0. The Labute approximate surface area is 121 Å². The fraction of sp³-hybridized carbons (Fsp3) is 0.923. The van der Waals surface area contributed by atoms with E-state index < -0.39 is 31.4 Å². The summed E-state index contributed by atoms with van der Waals surface area (Å²) < 4.78 is 45.8. The molecule has 1 aliphatic heterocycles. The average Bonchev–Trinajstić information content (AvgIpc) is 2.83. The summed E-state index contributed by atoms with van der Waals surface area (Å²) in [6.45, 7) is -1.04. The number of alkyl halides is 3. The lowest BCUT2D eigenvalue weighted by Gasteiger charge is -2.40. The molecule has 1 N–H and O–H groups in total. The minimum atomic E-state index is -4.44. The van der Waals surface area contributed by atoms with Gasteiger partial charge in [-0.15, -0.1) is 0 Å². The Morgan fingerprint density at radius 1 is 1.38 bits per heavy atom. The molecule has 0 aromatic rings. The quantitative estimate of drug-likeness (QED) is 0.840. The van der Waals surface area contributed by atoms with Crippen LogP contribution in [0.2, 0.25) is 0 Å². The highest BCUT2D eigenvalue weighted by molar-refractivity contribution is 5.78. The van der Waals surface area contributed by atoms with E-state index in [9.17, 15) is 23.1 Å². The summed E-state index contributed by atoms with van der Waals surface area (Å²) in [5, 5.41) is 9.95. The van der Waals surface area contributed by atoms with Gasteiger partial charge in [-0.2, -0.15) is 13.2 Å². The first-order valence-electron chi connectivity index (χ1n) is 7.08. The molecule has 1 amide bonds. The molecule has 0 aromatic carbocycles. The fourth-order valence-corrected chi connectivity index (χ4v) is 3.04. The number of carbonyl (C=O) groups is 1. The predicted molar refractivity (Wildman–Crippen MR) is 66.5 cm³/mol. The smallest absolute Gasteiger partial charge is 0.393 e. The molecular weight excluding hydrogens is 291 g/mol. The number of hydrogen-bond donors (Lipinski definition) is 1. The van der Waals surface area contributed by atoms with Crippen LogP contribution in [0.15, 0.2) is 0 Å². The number of rotatable bonds is 4. The molecule has 2 aliphatic rings. The van der Waals surface area contributed by atoms with Gasteiger partial charge in [-0.1, -0.05) is 6.42 Å². The number of morpholine rings is 1. The van der Waals surface area contributed by atoms with Gasteiger partial charge in [-0.25, -0.2) is 0 Å². The molecule has 1 heterocycles. The summed E-state index contributed by atoms with van der Waals surface area (Å²) in [7, 11) is 0. The summed E-state index contributed by atoms with van der Waals surface area (Å²) in [4.78, 5) is 13.6. The van der Waals surface area contributed by atoms with Crippen LogP contribution in [0.3, 0.4) is 0 Å². The monoisotopic (exact) mass is 311 g/mol. The number of carbonyl (C=O) groups excluding carboxylic acids is 1. The second kappa shape index (κ2) is 6.93. The van der Waals surface area contributed by atoms with E-state index in [2.05, 4.69) is 4.74 Å². The van der Waals surface area contributed by atoms with Crippen molar-refractivity contribution in [2.45, 2.75) is 37.6 Å². The lowest BCUT2D eigenvalue weighted by molar-refractivity contribution is -0.180. The van der Waals surface area contributed by atoms with Gasteiger partial charge >= 0.3 is 6.18 Å². The molecule has 0 aromatic heterocycles. The molecule has 1 aliphatic carbocycles. The Hall–Kier alpha value is -0.860. The van der Waals surface area contributed by atoms with Crippen molar-refractivity contribution in [1.29, 1.82) is 0 Å². The molecular formula is C13H20F3NO4. The van der Waals surface area contributed by atoms with E-state index in [1.54, 1.807) is 0 Å². The second-order valence-corrected chi connectivity index (χ2v) is 5.50. The van der Waals surface area contributed by atoms with Crippen molar-refractivity contribution in [3.8, 4) is 0 Å². The van der Waals surface area contributed by atoms with E-state index in [-0.39, 0.29) is 12.0 Å². The van der Waals surface area contributed by atoms with Crippen LogP contribution < -0.4 is 0 Å². The highest BCUT2D eigenvalue weighted by Gasteiger charge is 2.39. The molecule has 21 heavy (non-hydrogen) atoms. The van der Waals surface area contributed by atoms with Gasteiger partial charge in [0.15, 0.2) is 0 Å². The van der Waals surface area contributed by atoms with Gasteiger partial charge in [0.2, 0.25) is 5.91 Å². The number of aliphatic hydroxyl groups excluding tert-OH is 1. The lowest BCUT2D eigenvalue weighted by atomic mass is 9.94. The molecule has 5 nitrogen and oxygen atoms in total. The van der Waals surface area contributed by atoms with Crippen LogP contribution in [-0.4, -0.2) is 67.2 Å². The molecule has 0 unspecified atom stereocenters. The minimum Gasteiger partial charge on any atom is -0.393 e. The largest absolute Gasteiger partial charge is 0.411 e. The number of amides is 1. The van der Waals surface area contributed by atoms with Gasteiger partial charge in [0, 0.05) is 12.5 Å². The summed E-state index contributed by atoms with van der Waals surface area (Å²) in [6.07, 6.45) is -2.56. The fourth-order valence-electron chi connectivity index (χ4n) is 3.04. The van der Waals surface area contributed by atoms with Crippen molar-refractivity contribution in [1.82, 2.24) is 4.90 Å². The third-order valence-corrected chi connectivity index (χ3v) is 4.00. The highest BCUT2D eigenvalue weighted by Crippen LogP contribution is 2.32. The SMILES string of the molecule is O=C(COCC(F)(F)F)N1CCOC[C@@H]1[C@H]1CCC[C@H]1O. The molecule has 8 heteroatoms. The first kappa shape index (κ1) is 16.5. The van der Waals surface area contributed by atoms with Crippen LogP contribution in [-0.2, 0) is 14.3 Å². The van der Waals surface area contributed by atoms with E-state index in [1.807, 2.05) is 0 Å². The first-order valence-corrected chi connectivity index (χ1v) is 7.08. The topological polar surface area (TPSA) is 59.0 Å². The van der Waals surface area contributed by atoms with Crippen LogP contribution in [0, 0.1) is 5.92 Å². The molecule has 0 bridgehead atoms. The molecule has 2 fully saturated rings. The van der Waals surface area contributed by atoms with E-state index in [0.29, 0.717) is 26.2 Å². The van der Waals surface area contributed by atoms with Crippen LogP contribution in [0.25, 0.3) is 0 Å². The Bertz CT molecular complexity index is 364. The molecule has 3 atom stereocenters. The summed E-state index contributed by atoms with van der Waals surface area (Å²) in [5.74, 6) is -0.552. The van der Waals surface area contributed by atoms with Gasteiger partial charge in [0.1, 0.15) is 13.2 Å². The van der Waals surface area contributed by atoms with Crippen molar-refractivity contribution in [3.05, 3.63) is 0 Å². The maximum absolute atomic E-state index is 12.1. The number of halogens is 3. The van der Waals surface area contributed by atoms with Crippen LogP contribution in [0.1, 0.15) is 19.3 Å². The third kappa shape index (κ3) is 4.55. The average molecular weight is 311 g/mol. The zero-order valence-corrected chi connectivity index (χ0v) is 11.6. The first-order chi connectivity index (χ1) is 9.88. The van der Waals surface area contributed by atoms with Crippen molar-refractivity contribution in [3.63, 3.8) is 0 Å². The highest BCUT2D eigenvalue weighted by atomic mass is 19.4. The number of hydrogen-bond acceptors (Lipinski definition) is 4. The van der Waals surface area contributed by atoms with Crippen LogP contribution >= 0.6 is 0 Å². The maximum atomic E-state index is 12.1. The summed E-state index contributed by atoms with van der Waals surface area (Å²) >= 11 is 0. The molecule has 122 valence electrons. The van der Waals surface area contributed by atoms with Crippen molar-refractivity contribution in [2.24, 2.45) is 5.92 Å². The minimum absolute atomic E-state index is 0.0723. The van der Waals surface area contributed by atoms with Crippen molar-refractivity contribution < 1.29 is 32.5 Å². The third-order valence-electron chi connectivity index (χ3n) is 4.00. The molecule has 1 saturated heterocycles. The van der Waals surface area contributed by atoms with E-state index >= 15 is 0 Å². The second-order valence-electron chi connectivity index (χ2n) is 5.50. The normalized spacial score (nSPS) is 30.7. The van der Waals surface area contributed by atoms with E-state index in [1.165, 1.54) is 4.90 Å². The number of nitrogens with zero attached hydrogens (tertiary/aromatic N) is 1. The molecule has 1 saturated carbocycles. The summed E-state index contributed by atoms with van der Waals surface area (Å²) in [6, 6.07) is -0.279. The van der Waals surface area contributed by atoms with Crippen molar-refractivity contribution >= 4 is 5.91 Å². The number of ether oxygens (including phenoxy) is 2. The Morgan fingerprint density at radius 3 is 2.76 bits per heavy atom. The lowest BCUT2D eigenvalue weighted by Crippen LogP contribution is -2.54. The van der Waals surface area contributed by atoms with Crippen LogP contribution in [0.5, 0.6) is 0 Å². The van der Waals surface area contributed by atoms with Crippen LogP contribution in [0.4, 0.5) is 13.2 Å². The van der Waals surface area contributed by atoms with Crippen molar-refractivity contribution in [2.75, 3.05) is 33.0 Å². The Kier molecular flexibility index (Phi) is 5.45. The van der Waals surface area contributed by atoms with Gasteiger partial charge in [0.25, 0.3) is 0 Å². The van der Waals surface area contributed by atoms with Gasteiger partial charge in [0.05, 0.1) is 25.4 Å². The predicted octanol–water partition coefficient (Wildman–Crippen LogP) is 0.954. The molecule has 2 rings (SSSR count). The Balaban J connectivity index is 1.90. The zero-order valence-electron chi connectivity index (χ0n) is 11.6. The molecule has 0 radical (unpaired) electrons. The van der Waals surface area contributed by atoms with E-state index in [4.69, 9.17) is 4.74 Å². The van der Waals surface area contributed by atoms with Gasteiger partial charge < -0.3 is 19.5 Å². The van der Waals surface area contributed by atoms with Gasteiger partial charge in [-0.05, 0) is 12.8 Å². The standard InChI is InChI=1S/C13H20F3NO4/c14-13(15,16)8-21-7-12(19)17-4-5-20-6-10(17)9-2-1-3-11(9)18/h9-11,18H,1-8H2/t9-,10-,11-/m1/s1. The zero-order chi connectivity index (χ0) is 15.5. The number of aliphatic hydroxyl groups is 1. The Morgan fingerprint density at radius 2 is 2.14 bits per heavy atom. The molecule has 0 spiro atoms. The maximum Gasteiger partial charge on any atom is 0.411 e. The van der Waals surface area contributed by atoms with Gasteiger partial charge in [-0.3, -0.25) is 4.79 Å².